The first-order valence-corrected chi connectivity index (χ1v) is 5.99. The number of alkyl halides is 2. The van der Waals surface area contributed by atoms with Crippen molar-refractivity contribution in [1.29, 1.82) is 0 Å². The second-order valence-electron chi connectivity index (χ2n) is 4.37. The zero-order chi connectivity index (χ0) is 13.8. The average molecular weight is 271 g/mol. The van der Waals surface area contributed by atoms with Gasteiger partial charge >= 0.3 is 6.61 Å². The topological polar surface area (TPSA) is 47.6 Å². The Bertz CT molecular complexity index is 465. The number of hydrogen-bond donors (Lipinski definition) is 1. The Labute approximate surface area is 109 Å². The zero-order valence-corrected chi connectivity index (χ0v) is 10.5. The van der Waals surface area contributed by atoms with E-state index in [9.17, 15) is 13.6 Å². The van der Waals surface area contributed by atoms with Gasteiger partial charge < -0.3 is 14.8 Å². The third kappa shape index (κ3) is 3.56. The number of carbonyl (C=O) groups excluding carboxylic acids is 1. The molecule has 0 aliphatic carbocycles. The molecule has 1 amide bonds. The Morgan fingerprint density at radius 1 is 1.42 bits per heavy atom. The van der Waals surface area contributed by atoms with Gasteiger partial charge in [-0.15, -0.1) is 0 Å². The van der Waals surface area contributed by atoms with Crippen LogP contribution in [0, 0.1) is 0 Å². The summed E-state index contributed by atoms with van der Waals surface area (Å²) in [5, 5.41) is 2.83. The van der Waals surface area contributed by atoms with Crippen LogP contribution in [0.2, 0.25) is 0 Å². The van der Waals surface area contributed by atoms with Crippen LogP contribution >= 0.6 is 0 Å². The lowest BCUT2D eigenvalue weighted by molar-refractivity contribution is -0.119. The standard InChI is InChI=1S/C13H15F2NO3/c1-18-10-4-2-8(7-11(10)19-13(14)15)6-9-3-5-12(17)16-9/h2,4,7,9,13H,3,5-6H2,1H3,(H,16,17). The predicted octanol–water partition coefficient (Wildman–Crippen LogP) is 2.12. The minimum absolute atomic E-state index is 0.0133. The van der Waals surface area contributed by atoms with E-state index in [4.69, 9.17) is 4.74 Å². The van der Waals surface area contributed by atoms with E-state index in [1.807, 2.05) is 0 Å². The summed E-state index contributed by atoms with van der Waals surface area (Å²) in [6, 6.07) is 4.95. The lowest BCUT2D eigenvalue weighted by Gasteiger charge is -2.14. The molecule has 4 nitrogen and oxygen atoms in total. The zero-order valence-electron chi connectivity index (χ0n) is 10.5. The SMILES string of the molecule is COc1ccc(CC2CCC(=O)N2)cc1OC(F)F. The van der Waals surface area contributed by atoms with Crippen molar-refractivity contribution in [2.45, 2.75) is 31.9 Å². The summed E-state index contributed by atoms with van der Waals surface area (Å²) in [6.07, 6.45) is 1.87. The van der Waals surface area contributed by atoms with Crippen LogP contribution < -0.4 is 14.8 Å². The summed E-state index contributed by atoms with van der Waals surface area (Å²) >= 11 is 0. The number of halogens is 2. The highest BCUT2D eigenvalue weighted by Crippen LogP contribution is 2.30. The minimum atomic E-state index is -2.89. The normalized spacial score (nSPS) is 18.5. The van der Waals surface area contributed by atoms with Gasteiger partial charge in [-0.25, -0.2) is 0 Å². The molecule has 104 valence electrons. The second-order valence-corrected chi connectivity index (χ2v) is 4.37. The van der Waals surface area contributed by atoms with Gasteiger partial charge in [0.1, 0.15) is 0 Å². The second kappa shape index (κ2) is 5.86. The van der Waals surface area contributed by atoms with Crippen LogP contribution in [-0.4, -0.2) is 25.7 Å². The van der Waals surface area contributed by atoms with Gasteiger partial charge in [0.05, 0.1) is 7.11 Å². The molecule has 0 aromatic heterocycles. The van der Waals surface area contributed by atoms with E-state index in [1.165, 1.54) is 13.2 Å². The highest BCUT2D eigenvalue weighted by atomic mass is 19.3. The lowest BCUT2D eigenvalue weighted by Crippen LogP contribution is -2.27. The van der Waals surface area contributed by atoms with Crippen LogP contribution in [0.15, 0.2) is 18.2 Å². The van der Waals surface area contributed by atoms with Gasteiger partial charge in [-0.3, -0.25) is 4.79 Å². The van der Waals surface area contributed by atoms with Crippen molar-refractivity contribution < 1.29 is 23.0 Å². The molecule has 1 aliphatic rings. The molecule has 0 saturated carbocycles. The fraction of sp³-hybridized carbons (Fsp3) is 0.462. The molecular formula is C13H15F2NO3. The van der Waals surface area contributed by atoms with Crippen molar-refractivity contribution in [2.24, 2.45) is 0 Å². The molecule has 1 unspecified atom stereocenters. The summed E-state index contributed by atoms with van der Waals surface area (Å²) in [5.41, 5.74) is 0.823. The van der Waals surface area contributed by atoms with E-state index in [0.717, 1.165) is 12.0 Å². The van der Waals surface area contributed by atoms with E-state index in [0.29, 0.717) is 12.8 Å². The number of benzene rings is 1. The first-order chi connectivity index (χ1) is 9.08. The monoisotopic (exact) mass is 271 g/mol. The van der Waals surface area contributed by atoms with E-state index in [1.54, 1.807) is 12.1 Å². The molecule has 6 heteroatoms. The predicted molar refractivity (Wildman–Crippen MR) is 64.5 cm³/mol. The van der Waals surface area contributed by atoms with Gasteiger partial charge in [-0.2, -0.15) is 8.78 Å². The molecule has 2 rings (SSSR count). The highest BCUT2D eigenvalue weighted by Gasteiger charge is 2.21. The van der Waals surface area contributed by atoms with Crippen LogP contribution in [-0.2, 0) is 11.2 Å². The number of rotatable bonds is 5. The van der Waals surface area contributed by atoms with Crippen molar-refractivity contribution in [3.05, 3.63) is 23.8 Å². The number of hydrogen-bond acceptors (Lipinski definition) is 3. The molecule has 19 heavy (non-hydrogen) atoms. The molecule has 1 N–H and O–H groups in total. The van der Waals surface area contributed by atoms with Gasteiger partial charge in [0.25, 0.3) is 0 Å². The van der Waals surface area contributed by atoms with E-state index < -0.39 is 6.61 Å². The number of amides is 1. The number of ether oxygens (including phenoxy) is 2. The maximum absolute atomic E-state index is 12.3. The van der Waals surface area contributed by atoms with Crippen molar-refractivity contribution in [3.8, 4) is 11.5 Å². The van der Waals surface area contributed by atoms with Gasteiger partial charge in [-0.05, 0) is 30.5 Å². The Morgan fingerprint density at radius 3 is 2.79 bits per heavy atom. The number of nitrogens with one attached hydrogen (secondary N) is 1. The van der Waals surface area contributed by atoms with Crippen molar-refractivity contribution >= 4 is 5.91 Å². The molecule has 1 aromatic rings. The average Bonchev–Trinajstić information content (AvgIpc) is 2.74. The summed E-state index contributed by atoms with van der Waals surface area (Å²) in [7, 11) is 1.39. The number of carbonyl (C=O) groups is 1. The molecule has 1 aromatic carbocycles. The lowest BCUT2D eigenvalue weighted by atomic mass is 10.0. The van der Waals surface area contributed by atoms with Crippen molar-refractivity contribution in [3.63, 3.8) is 0 Å². The summed E-state index contributed by atoms with van der Waals surface area (Å²) in [4.78, 5) is 11.1. The van der Waals surface area contributed by atoms with Crippen molar-refractivity contribution in [1.82, 2.24) is 5.32 Å². The first kappa shape index (κ1) is 13.6. The van der Waals surface area contributed by atoms with E-state index in [-0.39, 0.29) is 23.4 Å². The van der Waals surface area contributed by atoms with E-state index >= 15 is 0 Å². The first-order valence-electron chi connectivity index (χ1n) is 5.99. The van der Waals surface area contributed by atoms with Crippen LogP contribution in [0.25, 0.3) is 0 Å². The molecule has 1 aliphatic heterocycles. The molecule has 0 spiro atoms. The van der Waals surface area contributed by atoms with Crippen LogP contribution in [0.3, 0.4) is 0 Å². The van der Waals surface area contributed by atoms with Crippen LogP contribution in [0.1, 0.15) is 18.4 Å². The Balaban J connectivity index is 2.10. The Hall–Kier alpha value is -1.85. The molecule has 0 bridgehead atoms. The quantitative estimate of drug-likeness (QED) is 0.892. The minimum Gasteiger partial charge on any atom is -0.493 e. The third-order valence-corrected chi connectivity index (χ3v) is 3.01. The summed E-state index contributed by atoms with van der Waals surface area (Å²) in [6.45, 7) is -2.89. The molecule has 1 fully saturated rings. The largest absolute Gasteiger partial charge is 0.493 e. The van der Waals surface area contributed by atoms with Gasteiger partial charge in [0, 0.05) is 12.5 Å². The molecule has 0 radical (unpaired) electrons. The van der Waals surface area contributed by atoms with Crippen molar-refractivity contribution in [2.75, 3.05) is 7.11 Å². The fourth-order valence-corrected chi connectivity index (χ4v) is 2.15. The summed E-state index contributed by atoms with van der Waals surface area (Å²) < 4.78 is 34.0. The number of methoxy groups -OCH3 is 1. The molecule has 1 atom stereocenters. The van der Waals surface area contributed by atoms with E-state index in [2.05, 4.69) is 10.1 Å². The van der Waals surface area contributed by atoms with Gasteiger partial charge in [-0.1, -0.05) is 6.07 Å². The molecule has 1 heterocycles. The highest BCUT2D eigenvalue weighted by molar-refractivity contribution is 5.78. The van der Waals surface area contributed by atoms with Gasteiger partial charge in [0.15, 0.2) is 11.5 Å². The maximum atomic E-state index is 12.3. The fourth-order valence-electron chi connectivity index (χ4n) is 2.15. The maximum Gasteiger partial charge on any atom is 0.387 e. The molecular weight excluding hydrogens is 256 g/mol. The van der Waals surface area contributed by atoms with Crippen LogP contribution in [0.4, 0.5) is 8.78 Å². The summed E-state index contributed by atoms with van der Waals surface area (Å²) in [5.74, 6) is 0.307. The van der Waals surface area contributed by atoms with Crippen LogP contribution in [0.5, 0.6) is 11.5 Å². The smallest absolute Gasteiger partial charge is 0.387 e. The third-order valence-electron chi connectivity index (χ3n) is 3.01. The Morgan fingerprint density at radius 2 is 2.21 bits per heavy atom. The molecule has 1 saturated heterocycles. The Kier molecular flexibility index (Phi) is 4.19. The van der Waals surface area contributed by atoms with Gasteiger partial charge in [0.2, 0.25) is 5.91 Å².